The maximum atomic E-state index is 14.2. The third kappa shape index (κ3) is 4.20. The summed E-state index contributed by atoms with van der Waals surface area (Å²) in [7, 11) is 0. The Hall–Kier alpha value is -3.23. The standard InChI is InChI=1S/C30H30N4O2S2/c1-18-10-8-9-13-22(18)33-26(36)25-21-15-14-20(30(2,3)4)16-24(21)38-27(25)34-28(33)31-32-29(34)37-17-23(35)19-11-6-5-7-12-19/h5-13,20H,14-17H2,1-4H3/t20-/m0/s1. The van der Waals surface area contributed by atoms with E-state index in [0.717, 1.165) is 40.7 Å². The number of carbonyl (C=O) groups excluding carboxylic acids is 1. The third-order valence-electron chi connectivity index (χ3n) is 7.69. The van der Waals surface area contributed by atoms with E-state index in [2.05, 4.69) is 31.0 Å². The van der Waals surface area contributed by atoms with Crippen LogP contribution in [0.4, 0.5) is 0 Å². The van der Waals surface area contributed by atoms with Crippen LogP contribution in [-0.2, 0) is 12.8 Å². The van der Waals surface area contributed by atoms with Gasteiger partial charge in [-0.15, -0.1) is 21.5 Å². The van der Waals surface area contributed by atoms with Crippen LogP contribution >= 0.6 is 23.1 Å². The van der Waals surface area contributed by atoms with Gasteiger partial charge in [0.1, 0.15) is 4.83 Å². The highest BCUT2D eigenvalue weighted by molar-refractivity contribution is 7.99. The fourth-order valence-electron chi connectivity index (χ4n) is 5.44. The Morgan fingerprint density at radius 1 is 1.08 bits per heavy atom. The molecule has 1 atom stereocenters. The first-order valence-corrected chi connectivity index (χ1v) is 14.8. The second-order valence-corrected chi connectivity index (χ2v) is 13.1. The Morgan fingerprint density at radius 2 is 1.82 bits per heavy atom. The van der Waals surface area contributed by atoms with E-state index in [1.165, 1.54) is 22.2 Å². The molecule has 2 aromatic carbocycles. The molecule has 0 amide bonds. The summed E-state index contributed by atoms with van der Waals surface area (Å²) in [6.45, 7) is 8.91. The summed E-state index contributed by atoms with van der Waals surface area (Å²) in [5.74, 6) is 1.33. The molecule has 0 fully saturated rings. The van der Waals surface area contributed by atoms with Crippen molar-refractivity contribution in [1.82, 2.24) is 19.2 Å². The molecule has 1 aliphatic rings. The van der Waals surface area contributed by atoms with E-state index in [0.29, 0.717) is 22.4 Å². The molecule has 6 nitrogen and oxygen atoms in total. The molecule has 0 saturated heterocycles. The zero-order chi connectivity index (χ0) is 26.6. The number of para-hydroxylation sites is 1. The number of hydrogen-bond donors (Lipinski definition) is 0. The van der Waals surface area contributed by atoms with Gasteiger partial charge in [0.05, 0.1) is 16.8 Å². The minimum absolute atomic E-state index is 0.0364. The average molecular weight is 543 g/mol. The van der Waals surface area contributed by atoms with Gasteiger partial charge in [0.2, 0.25) is 5.78 Å². The van der Waals surface area contributed by atoms with Gasteiger partial charge in [-0.05, 0) is 54.7 Å². The quantitative estimate of drug-likeness (QED) is 0.187. The number of thioether (sulfide) groups is 1. The SMILES string of the molecule is Cc1ccccc1-n1c(=O)c2c3c(sc2n2c(SCC(=O)c4ccccc4)nnc12)C[C@@H](C(C)(C)C)CC3. The molecule has 0 N–H and O–H groups in total. The Labute approximate surface area is 229 Å². The summed E-state index contributed by atoms with van der Waals surface area (Å²) in [6.07, 6.45) is 2.93. The van der Waals surface area contributed by atoms with Gasteiger partial charge in [-0.2, -0.15) is 0 Å². The number of Topliss-reactive ketones (excluding diaryl/α,β-unsaturated/α-hetero) is 1. The number of nitrogens with zero attached hydrogens (tertiary/aromatic N) is 4. The zero-order valence-corrected chi connectivity index (χ0v) is 23.7. The predicted molar refractivity (Wildman–Crippen MR) is 155 cm³/mol. The van der Waals surface area contributed by atoms with Crippen LogP contribution in [0.1, 0.15) is 53.6 Å². The van der Waals surface area contributed by atoms with Crippen LogP contribution in [0.15, 0.2) is 64.5 Å². The van der Waals surface area contributed by atoms with Gasteiger partial charge in [0.15, 0.2) is 10.9 Å². The van der Waals surface area contributed by atoms with E-state index in [9.17, 15) is 9.59 Å². The number of thiophene rings is 1. The smallest absolute Gasteiger partial charge is 0.268 e. The topological polar surface area (TPSA) is 69.3 Å². The van der Waals surface area contributed by atoms with Crippen molar-refractivity contribution in [3.63, 3.8) is 0 Å². The number of aromatic nitrogens is 4. The van der Waals surface area contributed by atoms with E-state index in [4.69, 9.17) is 0 Å². The number of hydrogen-bond acceptors (Lipinski definition) is 6. The monoisotopic (exact) mass is 542 g/mol. The lowest BCUT2D eigenvalue weighted by Crippen LogP contribution is -2.27. The molecule has 0 aliphatic heterocycles. The first-order chi connectivity index (χ1) is 18.2. The third-order valence-corrected chi connectivity index (χ3v) is 9.86. The van der Waals surface area contributed by atoms with Crippen molar-refractivity contribution in [2.45, 2.75) is 52.1 Å². The molecule has 3 aromatic heterocycles. The number of rotatable bonds is 5. The summed E-state index contributed by atoms with van der Waals surface area (Å²) in [5.41, 5.74) is 3.80. The fraction of sp³-hybridized carbons (Fsp3) is 0.333. The summed E-state index contributed by atoms with van der Waals surface area (Å²) in [5, 5.41) is 10.4. The van der Waals surface area contributed by atoms with Crippen molar-refractivity contribution in [2.75, 3.05) is 5.75 Å². The molecular formula is C30H30N4O2S2. The van der Waals surface area contributed by atoms with Gasteiger partial charge in [-0.1, -0.05) is 81.1 Å². The van der Waals surface area contributed by atoms with E-state index < -0.39 is 0 Å². The van der Waals surface area contributed by atoms with Crippen molar-refractivity contribution >= 4 is 44.9 Å². The van der Waals surface area contributed by atoms with E-state index in [-0.39, 0.29) is 22.5 Å². The van der Waals surface area contributed by atoms with Gasteiger partial charge in [-0.25, -0.2) is 8.97 Å². The highest BCUT2D eigenvalue weighted by Crippen LogP contribution is 2.43. The molecule has 3 heterocycles. The lowest BCUT2D eigenvalue weighted by atomic mass is 9.72. The maximum Gasteiger partial charge on any atom is 0.268 e. The lowest BCUT2D eigenvalue weighted by molar-refractivity contribution is 0.102. The normalized spacial score (nSPS) is 15.7. The Kier molecular flexibility index (Phi) is 6.27. The minimum Gasteiger partial charge on any atom is -0.293 e. The van der Waals surface area contributed by atoms with Crippen molar-refractivity contribution in [2.24, 2.45) is 11.3 Å². The van der Waals surface area contributed by atoms with Gasteiger partial charge in [-0.3, -0.25) is 9.59 Å². The number of aryl methyl sites for hydroxylation is 2. The first-order valence-electron chi connectivity index (χ1n) is 13.0. The van der Waals surface area contributed by atoms with E-state index in [1.54, 1.807) is 15.9 Å². The van der Waals surface area contributed by atoms with Gasteiger partial charge >= 0.3 is 0 Å². The molecule has 38 heavy (non-hydrogen) atoms. The molecule has 0 saturated carbocycles. The van der Waals surface area contributed by atoms with Crippen molar-refractivity contribution in [3.05, 3.63) is 86.5 Å². The second kappa shape index (κ2) is 9.50. The fourth-order valence-corrected chi connectivity index (χ4v) is 7.74. The summed E-state index contributed by atoms with van der Waals surface area (Å²) in [6, 6.07) is 17.2. The van der Waals surface area contributed by atoms with Crippen LogP contribution in [0.3, 0.4) is 0 Å². The Bertz CT molecular complexity index is 1740. The Balaban J connectivity index is 1.55. The van der Waals surface area contributed by atoms with Crippen LogP contribution in [0.2, 0.25) is 0 Å². The minimum atomic E-state index is -0.0437. The zero-order valence-electron chi connectivity index (χ0n) is 22.0. The van der Waals surface area contributed by atoms with Gasteiger partial charge < -0.3 is 0 Å². The predicted octanol–water partition coefficient (Wildman–Crippen LogP) is 6.53. The number of benzene rings is 2. The molecule has 8 heteroatoms. The summed E-state index contributed by atoms with van der Waals surface area (Å²) in [4.78, 5) is 29.3. The average Bonchev–Trinajstić information content (AvgIpc) is 3.49. The molecule has 0 radical (unpaired) electrons. The van der Waals surface area contributed by atoms with Crippen molar-refractivity contribution in [1.29, 1.82) is 0 Å². The Morgan fingerprint density at radius 3 is 2.55 bits per heavy atom. The number of carbonyl (C=O) groups is 1. The number of fused-ring (bicyclic) bond motifs is 5. The van der Waals surface area contributed by atoms with Crippen LogP contribution < -0.4 is 5.56 Å². The van der Waals surface area contributed by atoms with Crippen LogP contribution in [0, 0.1) is 18.3 Å². The highest BCUT2D eigenvalue weighted by Gasteiger charge is 2.33. The highest BCUT2D eigenvalue weighted by atomic mass is 32.2. The first kappa shape index (κ1) is 25.1. The van der Waals surface area contributed by atoms with Gasteiger partial charge in [0.25, 0.3) is 5.56 Å². The molecule has 6 rings (SSSR count). The molecule has 5 aromatic rings. The summed E-state index contributed by atoms with van der Waals surface area (Å²) < 4.78 is 3.71. The second-order valence-electron chi connectivity index (χ2n) is 11.1. The number of ketones is 1. The van der Waals surface area contributed by atoms with E-state index in [1.807, 2.05) is 65.9 Å². The molecule has 0 unspecified atom stereocenters. The molecule has 0 spiro atoms. The van der Waals surface area contributed by atoms with Crippen molar-refractivity contribution < 1.29 is 4.79 Å². The molecule has 1 aliphatic carbocycles. The van der Waals surface area contributed by atoms with E-state index >= 15 is 0 Å². The van der Waals surface area contributed by atoms with Crippen molar-refractivity contribution in [3.8, 4) is 5.69 Å². The maximum absolute atomic E-state index is 14.2. The van der Waals surface area contributed by atoms with Gasteiger partial charge in [0, 0.05) is 10.4 Å². The lowest BCUT2D eigenvalue weighted by Gasteiger charge is -2.33. The largest absolute Gasteiger partial charge is 0.293 e. The molecule has 0 bridgehead atoms. The molecular weight excluding hydrogens is 512 g/mol. The molecule has 194 valence electrons. The van der Waals surface area contributed by atoms with Crippen LogP contribution in [0.25, 0.3) is 21.7 Å². The van der Waals surface area contributed by atoms with Crippen LogP contribution in [0.5, 0.6) is 0 Å². The summed E-state index contributed by atoms with van der Waals surface area (Å²) >= 11 is 3.06. The van der Waals surface area contributed by atoms with Crippen LogP contribution in [-0.4, -0.2) is 30.7 Å².